The predicted molar refractivity (Wildman–Crippen MR) is 83.4 cm³/mol. The molecule has 23 heavy (non-hydrogen) atoms. The minimum Gasteiger partial charge on any atom is -0.486 e. The van der Waals surface area contributed by atoms with Gasteiger partial charge in [0.15, 0.2) is 0 Å². The van der Waals surface area contributed by atoms with Gasteiger partial charge in [0.2, 0.25) is 0 Å². The molecule has 124 valence electrons. The van der Waals surface area contributed by atoms with Gasteiger partial charge in [0.05, 0.1) is 25.7 Å². The van der Waals surface area contributed by atoms with E-state index < -0.39 is 24.2 Å². The lowest BCUT2D eigenvalue weighted by atomic mass is 9.78. The number of methoxy groups -OCH3 is 2. The number of hydrogen-bond donors (Lipinski definition) is 2. The number of fused-ring (bicyclic) bond motifs is 3. The standard InChI is InChI=1S/C17H21NO5/c1-21-8-7-18-12-9-11(17(20)22-2)14-10-5-3-4-6-13(10)23-16(14)15(12)19/h3-6,9,12,14-16,18-19H,7-8H2,1-2H3/t12-,14+,15+,16+/m1/s1. The van der Waals surface area contributed by atoms with Crippen molar-refractivity contribution in [2.45, 2.75) is 24.2 Å². The zero-order valence-electron chi connectivity index (χ0n) is 13.2. The van der Waals surface area contributed by atoms with Gasteiger partial charge in [0.25, 0.3) is 0 Å². The Morgan fingerprint density at radius 3 is 2.87 bits per heavy atom. The number of carbonyl (C=O) groups is 1. The fourth-order valence-electron chi connectivity index (χ4n) is 3.27. The molecule has 3 rings (SSSR count). The molecule has 1 aromatic carbocycles. The number of benzene rings is 1. The number of rotatable bonds is 5. The largest absolute Gasteiger partial charge is 0.486 e. The summed E-state index contributed by atoms with van der Waals surface area (Å²) in [6, 6.07) is 7.15. The molecule has 1 aliphatic heterocycles. The molecular formula is C17H21NO5. The summed E-state index contributed by atoms with van der Waals surface area (Å²) >= 11 is 0. The van der Waals surface area contributed by atoms with E-state index in [0.29, 0.717) is 24.5 Å². The minimum absolute atomic E-state index is 0.311. The van der Waals surface area contributed by atoms with E-state index in [2.05, 4.69) is 5.32 Å². The van der Waals surface area contributed by atoms with Crippen molar-refractivity contribution in [1.82, 2.24) is 5.32 Å². The highest BCUT2D eigenvalue weighted by Gasteiger charge is 2.48. The van der Waals surface area contributed by atoms with E-state index >= 15 is 0 Å². The topological polar surface area (TPSA) is 77.0 Å². The Labute approximate surface area is 135 Å². The zero-order valence-corrected chi connectivity index (χ0v) is 13.2. The van der Waals surface area contributed by atoms with Crippen LogP contribution in [0.3, 0.4) is 0 Å². The van der Waals surface area contributed by atoms with Gasteiger partial charge in [-0.15, -0.1) is 0 Å². The summed E-state index contributed by atoms with van der Waals surface area (Å²) < 4.78 is 15.9. The van der Waals surface area contributed by atoms with E-state index in [4.69, 9.17) is 14.2 Å². The number of esters is 1. The van der Waals surface area contributed by atoms with Crippen molar-refractivity contribution in [2.75, 3.05) is 27.4 Å². The van der Waals surface area contributed by atoms with Crippen LogP contribution in [0.4, 0.5) is 0 Å². The number of para-hydroxylation sites is 1. The van der Waals surface area contributed by atoms with Crippen LogP contribution in [0.1, 0.15) is 11.5 Å². The highest BCUT2D eigenvalue weighted by Crippen LogP contribution is 2.46. The van der Waals surface area contributed by atoms with Crippen molar-refractivity contribution in [3.05, 3.63) is 41.5 Å². The smallest absolute Gasteiger partial charge is 0.334 e. The van der Waals surface area contributed by atoms with Gasteiger partial charge in [-0.05, 0) is 6.07 Å². The molecule has 0 unspecified atom stereocenters. The summed E-state index contributed by atoms with van der Waals surface area (Å²) in [4.78, 5) is 12.2. The molecule has 1 aromatic rings. The Balaban J connectivity index is 1.94. The summed E-state index contributed by atoms with van der Waals surface area (Å²) in [5.74, 6) is -0.00577. The van der Waals surface area contributed by atoms with Crippen molar-refractivity contribution in [2.24, 2.45) is 0 Å². The lowest BCUT2D eigenvalue weighted by Crippen LogP contribution is -2.52. The molecule has 1 heterocycles. The summed E-state index contributed by atoms with van der Waals surface area (Å²) in [6.45, 7) is 1.08. The third kappa shape index (κ3) is 2.85. The Kier molecular flexibility index (Phi) is 4.66. The molecule has 0 saturated carbocycles. The average Bonchev–Trinajstić information content (AvgIpc) is 2.96. The van der Waals surface area contributed by atoms with Crippen LogP contribution in [-0.2, 0) is 14.3 Å². The monoisotopic (exact) mass is 319 g/mol. The second-order valence-electron chi connectivity index (χ2n) is 5.67. The summed E-state index contributed by atoms with van der Waals surface area (Å²) in [5.41, 5.74) is 1.42. The van der Waals surface area contributed by atoms with Crippen LogP contribution in [-0.4, -0.2) is 56.7 Å². The first-order valence-corrected chi connectivity index (χ1v) is 7.63. The fourth-order valence-corrected chi connectivity index (χ4v) is 3.27. The molecular weight excluding hydrogens is 298 g/mol. The minimum atomic E-state index is -0.766. The molecule has 0 bridgehead atoms. The molecule has 0 spiro atoms. The number of aliphatic hydroxyl groups excluding tert-OH is 1. The Hall–Kier alpha value is -1.89. The van der Waals surface area contributed by atoms with E-state index in [1.54, 1.807) is 13.2 Å². The van der Waals surface area contributed by atoms with Crippen LogP contribution >= 0.6 is 0 Å². The fraction of sp³-hybridized carbons (Fsp3) is 0.471. The van der Waals surface area contributed by atoms with Crippen molar-refractivity contribution < 1.29 is 24.1 Å². The van der Waals surface area contributed by atoms with E-state index in [1.807, 2.05) is 24.3 Å². The molecule has 0 fully saturated rings. The molecule has 6 heteroatoms. The molecule has 2 N–H and O–H groups in total. The van der Waals surface area contributed by atoms with Gasteiger partial charge in [-0.2, -0.15) is 0 Å². The Morgan fingerprint density at radius 2 is 2.13 bits per heavy atom. The van der Waals surface area contributed by atoms with E-state index in [1.165, 1.54) is 7.11 Å². The summed E-state index contributed by atoms with van der Waals surface area (Å²) in [6.07, 6.45) is 0.475. The molecule has 2 aliphatic rings. The van der Waals surface area contributed by atoms with Gasteiger partial charge < -0.3 is 24.6 Å². The SMILES string of the molecule is COCCN[C@@H]1C=C(C(=O)OC)[C@@H]2c3ccccc3O[C@@H]2[C@H]1O. The lowest BCUT2D eigenvalue weighted by molar-refractivity contribution is -0.137. The Morgan fingerprint density at radius 1 is 1.35 bits per heavy atom. The zero-order chi connectivity index (χ0) is 16.4. The molecule has 0 saturated heterocycles. The first-order chi connectivity index (χ1) is 11.2. The normalized spacial score (nSPS) is 28.4. The van der Waals surface area contributed by atoms with Gasteiger partial charge in [0, 0.05) is 24.8 Å². The first kappa shape index (κ1) is 16.0. The maximum atomic E-state index is 12.2. The van der Waals surface area contributed by atoms with Gasteiger partial charge in [-0.1, -0.05) is 24.3 Å². The maximum absolute atomic E-state index is 12.2. The van der Waals surface area contributed by atoms with Crippen LogP contribution in [0.15, 0.2) is 35.9 Å². The molecule has 0 aromatic heterocycles. The van der Waals surface area contributed by atoms with Crippen molar-refractivity contribution in [1.29, 1.82) is 0 Å². The number of nitrogens with one attached hydrogen (secondary N) is 1. The van der Waals surface area contributed by atoms with Crippen molar-refractivity contribution in [3.8, 4) is 5.75 Å². The predicted octanol–water partition coefficient (Wildman–Crippen LogP) is 0.610. The van der Waals surface area contributed by atoms with Gasteiger partial charge >= 0.3 is 5.97 Å². The van der Waals surface area contributed by atoms with Crippen LogP contribution in [0, 0.1) is 0 Å². The number of carbonyl (C=O) groups excluding carboxylic acids is 1. The second-order valence-corrected chi connectivity index (χ2v) is 5.67. The quantitative estimate of drug-likeness (QED) is 0.612. The highest BCUT2D eigenvalue weighted by molar-refractivity contribution is 5.91. The molecule has 6 nitrogen and oxygen atoms in total. The van der Waals surface area contributed by atoms with Crippen LogP contribution in [0.25, 0.3) is 0 Å². The number of hydrogen-bond acceptors (Lipinski definition) is 6. The van der Waals surface area contributed by atoms with Crippen molar-refractivity contribution in [3.63, 3.8) is 0 Å². The van der Waals surface area contributed by atoms with Gasteiger partial charge in [0.1, 0.15) is 18.0 Å². The van der Waals surface area contributed by atoms with E-state index in [9.17, 15) is 9.90 Å². The van der Waals surface area contributed by atoms with E-state index in [0.717, 1.165) is 5.56 Å². The van der Waals surface area contributed by atoms with Crippen LogP contribution < -0.4 is 10.1 Å². The Bertz CT molecular complexity index is 615. The molecule has 0 radical (unpaired) electrons. The second kappa shape index (κ2) is 6.70. The maximum Gasteiger partial charge on any atom is 0.334 e. The van der Waals surface area contributed by atoms with Gasteiger partial charge in [-0.25, -0.2) is 4.79 Å². The van der Waals surface area contributed by atoms with Gasteiger partial charge in [-0.3, -0.25) is 0 Å². The molecule has 0 amide bonds. The summed E-state index contributed by atoms with van der Waals surface area (Å²) in [7, 11) is 2.97. The van der Waals surface area contributed by atoms with Crippen LogP contribution in [0.5, 0.6) is 5.75 Å². The van der Waals surface area contributed by atoms with Crippen LogP contribution in [0.2, 0.25) is 0 Å². The van der Waals surface area contributed by atoms with E-state index in [-0.39, 0.29) is 5.92 Å². The molecule has 1 aliphatic carbocycles. The summed E-state index contributed by atoms with van der Waals surface area (Å²) in [5, 5.41) is 13.8. The van der Waals surface area contributed by atoms with Crippen molar-refractivity contribution >= 4 is 5.97 Å². The third-order valence-corrected chi connectivity index (χ3v) is 4.35. The highest BCUT2D eigenvalue weighted by atomic mass is 16.5. The average molecular weight is 319 g/mol. The molecule has 4 atom stereocenters. The third-order valence-electron chi connectivity index (χ3n) is 4.35. The lowest BCUT2D eigenvalue weighted by Gasteiger charge is -2.35. The number of aliphatic hydroxyl groups is 1. The first-order valence-electron chi connectivity index (χ1n) is 7.63. The number of ether oxygens (including phenoxy) is 3.